The first-order valence-electron chi connectivity index (χ1n) is 6.86. The molecule has 0 saturated heterocycles. The zero-order valence-electron chi connectivity index (χ0n) is 12.0. The molecule has 0 aliphatic rings. The second-order valence-corrected chi connectivity index (χ2v) is 5.63. The van der Waals surface area contributed by atoms with E-state index in [0.717, 1.165) is 35.1 Å². The summed E-state index contributed by atoms with van der Waals surface area (Å²) in [6.07, 6.45) is 1.93. The van der Waals surface area contributed by atoms with Crippen LogP contribution in [0.25, 0.3) is 10.8 Å². The van der Waals surface area contributed by atoms with Gasteiger partial charge in [0.2, 0.25) is 5.89 Å². The average Bonchev–Trinajstić information content (AvgIpc) is 3.19. The molecule has 0 unspecified atom stereocenters. The van der Waals surface area contributed by atoms with Crippen LogP contribution < -0.4 is 5.32 Å². The first-order chi connectivity index (χ1) is 10.3. The zero-order valence-corrected chi connectivity index (χ0v) is 12.9. The van der Waals surface area contributed by atoms with Crippen LogP contribution in [0.3, 0.4) is 0 Å². The molecule has 0 bridgehead atoms. The normalized spacial score (nSPS) is 11.1. The molecule has 1 N–H and O–H groups in total. The maximum atomic E-state index is 5.73. The van der Waals surface area contributed by atoms with E-state index in [2.05, 4.69) is 27.5 Å². The summed E-state index contributed by atoms with van der Waals surface area (Å²) in [4.78, 5) is 5.60. The lowest BCUT2D eigenvalue weighted by Crippen LogP contribution is -2.11. The molecule has 0 aliphatic heterocycles. The lowest BCUT2D eigenvalue weighted by Gasteiger charge is -1.96. The van der Waals surface area contributed by atoms with Crippen LogP contribution in [-0.4, -0.2) is 26.5 Å². The first kappa shape index (κ1) is 14.0. The summed E-state index contributed by atoms with van der Waals surface area (Å²) < 4.78 is 7.52. The molecular formula is C14H17N5OS. The van der Waals surface area contributed by atoms with Gasteiger partial charge >= 0.3 is 0 Å². The van der Waals surface area contributed by atoms with Gasteiger partial charge in [-0.05, 0) is 24.9 Å². The van der Waals surface area contributed by atoms with Gasteiger partial charge in [0.1, 0.15) is 11.5 Å². The van der Waals surface area contributed by atoms with Gasteiger partial charge in [0.15, 0.2) is 0 Å². The van der Waals surface area contributed by atoms with Crippen molar-refractivity contribution in [3.05, 3.63) is 40.9 Å². The summed E-state index contributed by atoms with van der Waals surface area (Å²) in [6.45, 7) is 6.21. The SMILES string of the molecule is CCNCc1cn(Cc2nc(-c3cccs3)oc2C)nn1. The van der Waals surface area contributed by atoms with E-state index >= 15 is 0 Å². The van der Waals surface area contributed by atoms with Crippen molar-refractivity contribution < 1.29 is 4.42 Å². The van der Waals surface area contributed by atoms with E-state index < -0.39 is 0 Å². The average molecular weight is 303 g/mol. The van der Waals surface area contributed by atoms with Crippen LogP contribution in [0.15, 0.2) is 28.1 Å². The molecule has 0 atom stereocenters. The highest BCUT2D eigenvalue weighted by molar-refractivity contribution is 7.13. The van der Waals surface area contributed by atoms with Crippen molar-refractivity contribution in [2.75, 3.05) is 6.54 Å². The maximum absolute atomic E-state index is 5.73. The summed E-state index contributed by atoms with van der Waals surface area (Å²) in [5, 5.41) is 13.5. The van der Waals surface area contributed by atoms with E-state index in [1.54, 1.807) is 16.0 Å². The molecule has 6 nitrogen and oxygen atoms in total. The number of aryl methyl sites for hydroxylation is 1. The molecular weight excluding hydrogens is 286 g/mol. The summed E-state index contributed by atoms with van der Waals surface area (Å²) in [6, 6.07) is 3.99. The molecule has 3 heterocycles. The van der Waals surface area contributed by atoms with Gasteiger partial charge in [-0.3, -0.25) is 0 Å². The van der Waals surface area contributed by atoms with Gasteiger partial charge < -0.3 is 9.73 Å². The molecule has 7 heteroatoms. The van der Waals surface area contributed by atoms with Crippen LogP contribution in [0.5, 0.6) is 0 Å². The molecule has 21 heavy (non-hydrogen) atoms. The Morgan fingerprint density at radius 2 is 2.33 bits per heavy atom. The van der Waals surface area contributed by atoms with Gasteiger partial charge in [-0.2, -0.15) is 0 Å². The summed E-state index contributed by atoms with van der Waals surface area (Å²) in [5.74, 6) is 1.49. The van der Waals surface area contributed by atoms with Crippen molar-refractivity contribution in [1.82, 2.24) is 25.3 Å². The number of nitrogens with one attached hydrogen (secondary N) is 1. The number of nitrogens with zero attached hydrogens (tertiary/aromatic N) is 4. The highest BCUT2D eigenvalue weighted by Gasteiger charge is 2.13. The fourth-order valence-corrected chi connectivity index (χ4v) is 2.63. The third kappa shape index (κ3) is 3.20. The largest absolute Gasteiger partial charge is 0.440 e. The minimum atomic E-state index is 0.569. The molecule has 0 spiro atoms. The Labute approximate surface area is 126 Å². The van der Waals surface area contributed by atoms with Crippen molar-refractivity contribution in [3.63, 3.8) is 0 Å². The molecule has 0 saturated carbocycles. The second kappa shape index (κ2) is 6.19. The molecule has 3 aromatic rings. The Bertz CT molecular complexity index is 701. The predicted molar refractivity (Wildman–Crippen MR) is 81.1 cm³/mol. The number of oxazole rings is 1. The standard InChI is InChI=1S/C14H17N5OS/c1-3-15-7-11-8-19(18-17-11)9-12-10(2)20-14(16-12)13-5-4-6-21-13/h4-6,8,15H,3,7,9H2,1-2H3. The zero-order chi connectivity index (χ0) is 14.7. The minimum Gasteiger partial charge on any atom is -0.440 e. The molecule has 3 aromatic heterocycles. The van der Waals surface area contributed by atoms with Crippen molar-refractivity contribution in [2.24, 2.45) is 0 Å². The Hall–Kier alpha value is -1.99. The van der Waals surface area contributed by atoms with E-state index in [4.69, 9.17) is 4.42 Å². The Kier molecular flexibility index (Phi) is 4.12. The number of thiophene rings is 1. The van der Waals surface area contributed by atoms with Crippen molar-refractivity contribution in [1.29, 1.82) is 0 Å². The fraction of sp³-hybridized carbons (Fsp3) is 0.357. The quantitative estimate of drug-likeness (QED) is 0.757. The lowest BCUT2D eigenvalue weighted by atomic mass is 10.3. The van der Waals surface area contributed by atoms with Gasteiger partial charge in [-0.15, -0.1) is 16.4 Å². The highest BCUT2D eigenvalue weighted by Crippen LogP contribution is 2.26. The van der Waals surface area contributed by atoms with Gasteiger partial charge in [0.25, 0.3) is 0 Å². The molecule has 0 radical (unpaired) electrons. The molecule has 0 amide bonds. The van der Waals surface area contributed by atoms with Crippen LogP contribution in [-0.2, 0) is 13.1 Å². The van der Waals surface area contributed by atoms with Crippen LogP contribution in [0, 0.1) is 6.92 Å². The van der Waals surface area contributed by atoms with Gasteiger partial charge in [-0.25, -0.2) is 9.67 Å². The summed E-state index contributed by atoms with van der Waals surface area (Å²) in [7, 11) is 0. The summed E-state index contributed by atoms with van der Waals surface area (Å²) >= 11 is 1.62. The molecule has 3 rings (SSSR count). The summed E-state index contributed by atoms with van der Waals surface area (Å²) in [5.41, 5.74) is 1.81. The van der Waals surface area contributed by atoms with E-state index in [-0.39, 0.29) is 0 Å². The lowest BCUT2D eigenvalue weighted by molar-refractivity contribution is 0.536. The van der Waals surface area contributed by atoms with Crippen LogP contribution >= 0.6 is 11.3 Å². The topological polar surface area (TPSA) is 68.8 Å². The van der Waals surface area contributed by atoms with E-state index in [9.17, 15) is 0 Å². The second-order valence-electron chi connectivity index (χ2n) is 4.69. The predicted octanol–water partition coefficient (Wildman–Crippen LogP) is 2.46. The minimum absolute atomic E-state index is 0.569. The van der Waals surface area contributed by atoms with E-state index in [1.165, 1.54) is 0 Å². The third-order valence-corrected chi connectivity index (χ3v) is 3.94. The Balaban J connectivity index is 1.74. The van der Waals surface area contributed by atoms with E-state index in [1.807, 2.05) is 30.6 Å². The molecule has 0 aliphatic carbocycles. The number of hydrogen-bond acceptors (Lipinski definition) is 6. The smallest absolute Gasteiger partial charge is 0.236 e. The molecule has 0 fully saturated rings. The fourth-order valence-electron chi connectivity index (χ4n) is 1.98. The van der Waals surface area contributed by atoms with Crippen LogP contribution in [0.4, 0.5) is 0 Å². The van der Waals surface area contributed by atoms with Gasteiger partial charge in [-0.1, -0.05) is 18.2 Å². The Morgan fingerprint density at radius 1 is 1.43 bits per heavy atom. The third-order valence-electron chi connectivity index (χ3n) is 3.08. The van der Waals surface area contributed by atoms with Gasteiger partial charge in [0, 0.05) is 6.54 Å². The first-order valence-corrected chi connectivity index (χ1v) is 7.74. The Morgan fingerprint density at radius 3 is 3.10 bits per heavy atom. The van der Waals surface area contributed by atoms with Crippen LogP contribution in [0.1, 0.15) is 24.1 Å². The van der Waals surface area contributed by atoms with Gasteiger partial charge in [0.05, 0.1) is 23.3 Å². The number of aromatic nitrogens is 4. The van der Waals surface area contributed by atoms with Crippen molar-refractivity contribution in [2.45, 2.75) is 26.9 Å². The highest BCUT2D eigenvalue weighted by atomic mass is 32.1. The van der Waals surface area contributed by atoms with Crippen molar-refractivity contribution in [3.8, 4) is 10.8 Å². The monoisotopic (exact) mass is 303 g/mol. The molecule has 110 valence electrons. The van der Waals surface area contributed by atoms with E-state index in [0.29, 0.717) is 12.4 Å². The molecule has 0 aromatic carbocycles. The van der Waals surface area contributed by atoms with Crippen LogP contribution in [0.2, 0.25) is 0 Å². The number of rotatable bonds is 6. The van der Waals surface area contributed by atoms with Crippen molar-refractivity contribution >= 4 is 11.3 Å². The number of hydrogen-bond donors (Lipinski definition) is 1. The maximum Gasteiger partial charge on any atom is 0.236 e.